The van der Waals surface area contributed by atoms with Crippen LogP contribution in [0.3, 0.4) is 0 Å². The zero-order chi connectivity index (χ0) is 18.3. The molecule has 0 saturated heterocycles. The third kappa shape index (κ3) is 7.54. The molecule has 0 radical (unpaired) electrons. The number of carbonyl (C=O) groups excluding carboxylic acids is 2. The molecule has 0 aliphatic carbocycles. The van der Waals surface area contributed by atoms with E-state index in [2.05, 4.69) is 15.0 Å². The molecule has 0 aliphatic rings. The number of hydrogen-bond donors (Lipinski definition) is 2. The maximum Gasteiger partial charge on any atom is 0.408 e. The molecule has 0 bridgehead atoms. The first-order valence-corrected chi connectivity index (χ1v) is 8.86. The highest BCUT2D eigenvalue weighted by Crippen LogP contribution is 2.10. The Balaban J connectivity index is 2.74. The Bertz CT molecular complexity index is 585. The summed E-state index contributed by atoms with van der Waals surface area (Å²) < 4.78 is 19.7. The first-order chi connectivity index (χ1) is 11.1. The number of carbonyl (C=O) groups is 2. The Morgan fingerprint density at radius 1 is 1.29 bits per heavy atom. The van der Waals surface area contributed by atoms with Crippen LogP contribution in [0, 0.1) is 5.92 Å². The van der Waals surface area contributed by atoms with Gasteiger partial charge in [0.2, 0.25) is 0 Å². The van der Waals surface area contributed by atoms with E-state index in [-0.39, 0.29) is 10.9 Å². The van der Waals surface area contributed by atoms with E-state index in [4.69, 9.17) is 4.74 Å². The van der Waals surface area contributed by atoms with Crippen molar-refractivity contribution in [3.63, 3.8) is 0 Å². The van der Waals surface area contributed by atoms with Gasteiger partial charge in [-0.25, -0.2) is 14.0 Å². The molecule has 0 spiro atoms. The number of rotatable bonds is 6. The van der Waals surface area contributed by atoms with Crippen LogP contribution in [0.2, 0.25) is 0 Å². The minimum atomic E-state index is -1.79. The zero-order valence-corrected chi connectivity index (χ0v) is 15.5. The van der Waals surface area contributed by atoms with Crippen molar-refractivity contribution in [3.05, 3.63) is 24.4 Å². The van der Waals surface area contributed by atoms with Gasteiger partial charge in [0.25, 0.3) is 5.91 Å². The Kier molecular flexibility index (Phi) is 7.34. The fourth-order valence-corrected chi connectivity index (χ4v) is 2.61. The molecule has 1 aromatic heterocycles. The van der Waals surface area contributed by atoms with Crippen LogP contribution in [0.4, 0.5) is 4.79 Å². The average Bonchev–Trinajstić information content (AvgIpc) is 2.44. The van der Waals surface area contributed by atoms with Gasteiger partial charge in [-0.05, 0) is 45.2 Å². The second kappa shape index (κ2) is 8.77. The van der Waals surface area contributed by atoms with Crippen LogP contribution in [-0.2, 0) is 20.5 Å². The lowest BCUT2D eigenvalue weighted by atomic mass is 10.0. The van der Waals surface area contributed by atoms with Crippen LogP contribution in [0.25, 0.3) is 0 Å². The van der Waals surface area contributed by atoms with Crippen molar-refractivity contribution in [1.29, 1.82) is 0 Å². The first-order valence-electron chi connectivity index (χ1n) is 7.71. The van der Waals surface area contributed by atoms with E-state index in [1.54, 1.807) is 39.0 Å². The fourth-order valence-electron chi connectivity index (χ4n) is 1.82. The monoisotopic (exact) mass is 355 g/mol. The SMILES string of the molecule is CC(C)CC(NC(=O)OC(C)(C)C)C(=O)NS(=O)c1ccccn1. The van der Waals surface area contributed by atoms with Crippen LogP contribution >= 0.6 is 0 Å². The lowest BCUT2D eigenvalue weighted by molar-refractivity contribution is -0.121. The molecule has 2 unspecified atom stereocenters. The van der Waals surface area contributed by atoms with Gasteiger partial charge < -0.3 is 10.1 Å². The van der Waals surface area contributed by atoms with Gasteiger partial charge in [-0.2, -0.15) is 0 Å². The van der Waals surface area contributed by atoms with Gasteiger partial charge in [-0.1, -0.05) is 19.9 Å². The molecule has 2 N–H and O–H groups in total. The van der Waals surface area contributed by atoms with E-state index in [1.807, 2.05) is 13.8 Å². The summed E-state index contributed by atoms with van der Waals surface area (Å²) in [4.78, 5) is 28.2. The third-order valence-electron chi connectivity index (χ3n) is 2.74. The smallest absolute Gasteiger partial charge is 0.408 e. The normalized spacial score (nSPS) is 13.9. The number of alkyl carbamates (subject to hydrolysis) is 1. The molecule has 0 fully saturated rings. The summed E-state index contributed by atoms with van der Waals surface area (Å²) in [6.07, 6.45) is 1.20. The number of hydrogen-bond acceptors (Lipinski definition) is 5. The minimum Gasteiger partial charge on any atom is -0.444 e. The fraction of sp³-hybridized carbons (Fsp3) is 0.562. The predicted molar refractivity (Wildman–Crippen MR) is 91.4 cm³/mol. The van der Waals surface area contributed by atoms with E-state index >= 15 is 0 Å². The van der Waals surface area contributed by atoms with Gasteiger partial charge in [0.15, 0.2) is 11.0 Å². The molecule has 1 heterocycles. The molecular weight excluding hydrogens is 330 g/mol. The summed E-state index contributed by atoms with van der Waals surface area (Å²) in [6.45, 7) is 9.06. The largest absolute Gasteiger partial charge is 0.444 e. The van der Waals surface area contributed by atoms with Crippen LogP contribution in [0.15, 0.2) is 29.4 Å². The molecule has 0 aliphatic heterocycles. The van der Waals surface area contributed by atoms with Crippen LogP contribution in [-0.4, -0.2) is 32.8 Å². The van der Waals surface area contributed by atoms with Crippen molar-refractivity contribution in [3.8, 4) is 0 Å². The Hall–Kier alpha value is -1.96. The summed E-state index contributed by atoms with van der Waals surface area (Å²) >= 11 is 0. The van der Waals surface area contributed by atoms with Crippen molar-refractivity contribution < 1.29 is 18.5 Å². The summed E-state index contributed by atoms with van der Waals surface area (Å²) in [7, 11) is -1.79. The summed E-state index contributed by atoms with van der Waals surface area (Å²) in [5, 5.41) is 2.78. The summed E-state index contributed by atoms with van der Waals surface area (Å²) in [5.41, 5.74) is -0.667. The summed E-state index contributed by atoms with van der Waals surface area (Å²) in [5.74, 6) is -0.391. The molecule has 1 aromatic rings. The maximum atomic E-state index is 12.4. The topological polar surface area (TPSA) is 97.4 Å². The number of ether oxygens (including phenoxy) is 1. The average molecular weight is 355 g/mol. The number of pyridine rings is 1. The third-order valence-corrected chi connectivity index (χ3v) is 3.74. The molecule has 2 atom stereocenters. The zero-order valence-electron chi connectivity index (χ0n) is 14.7. The van der Waals surface area contributed by atoms with Crippen molar-refractivity contribution in [2.45, 2.75) is 57.7 Å². The van der Waals surface area contributed by atoms with E-state index in [9.17, 15) is 13.8 Å². The van der Waals surface area contributed by atoms with E-state index in [1.165, 1.54) is 6.20 Å². The quantitative estimate of drug-likeness (QED) is 0.815. The van der Waals surface area contributed by atoms with Crippen molar-refractivity contribution in [2.75, 3.05) is 0 Å². The molecule has 8 heteroatoms. The van der Waals surface area contributed by atoms with Gasteiger partial charge in [0.05, 0.1) is 0 Å². The Labute approximate surface area is 145 Å². The lowest BCUT2D eigenvalue weighted by Crippen LogP contribution is -2.49. The van der Waals surface area contributed by atoms with E-state index in [0.717, 1.165) is 0 Å². The van der Waals surface area contributed by atoms with Gasteiger partial charge in [-0.3, -0.25) is 9.52 Å². The standard InChI is InChI=1S/C16H25N3O4S/c1-11(2)10-12(18-15(21)23-16(3,4)5)14(20)19-24(22)13-8-6-7-9-17-13/h6-9,11-12H,10H2,1-5H3,(H,18,21)(H,19,20). The van der Waals surface area contributed by atoms with E-state index < -0.39 is 34.6 Å². The van der Waals surface area contributed by atoms with E-state index in [0.29, 0.717) is 6.42 Å². The number of amides is 2. The highest BCUT2D eigenvalue weighted by molar-refractivity contribution is 7.83. The first kappa shape index (κ1) is 20.1. The molecular formula is C16H25N3O4S. The van der Waals surface area contributed by atoms with Crippen molar-refractivity contribution >= 4 is 23.0 Å². The molecule has 134 valence electrons. The van der Waals surface area contributed by atoms with Gasteiger partial charge in [0.1, 0.15) is 16.7 Å². The van der Waals surface area contributed by atoms with Crippen molar-refractivity contribution in [1.82, 2.24) is 15.0 Å². The van der Waals surface area contributed by atoms with Crippen LogP contribution < -0.4 is 10.0 Å². The van der Waals surface area contributed by atoms with Crippen LogP contribution in [0.5, 0.6) is 0 Å². The second-order valence-corrected chi connectivity index (χ2v) is 7.89. The maximum absolute atomic E-state index is 12.4. The molecule has 7 nitrogen and oxygen atoms in total. The molecule has 0 saturated carbocycles. The highest BCUT2D eigenvalue weighted by atomic mass is 32.2. The lowest BCUT2D eigenvalue weighted by Gasteiger charge is -2.24. The highest BCUT2D eigenvalue weighted by Gasteiger charge is 2.26. The van der Waals surface area contributed by atoms with Crippen LogP contribution in [0.1, 0.15) is 41.0 Å². The number of nitrogens with zero attached hydrogens (tertiary/aromatic N) is 1. The van der Waals surface area contributed by atoms with Gasteiger partial charge in [0, 0.05) is 6.20 Å². The molecule has 1 rings (SSSR count). The molecule has 0 aromatic carbocycles. The Morgan fingerprint density at radius 2 is 1.96 bits per heavy atom. The molecule has 24 heavy (non-hydrogen) atoms. The van der Waals surface area contributed by atoms with Crippen molar-refractivity contribution in [2.24, 2.45) is 5.92 Å². The minimum absolute atomic E-state index is 0.152. The predicted octanol–water partition coefficient (Wildman–Crippen LogP) is 2.16. The summed E-state index contributed by atoms with van der Waals surface area (Å²) in [6, 6.07) is 4.08. The second-order valence-electron chi connectivity index (χ2n) is 6.73. The molecule has 2 amide bonds. The number of aromatic nitrogens is 1. The van der Waals surface area contributed by atoms with Gasteiger partial charge in [-0.15, -0.1) is 0 Å². The van der Waals surface area contributed by atoms with Gasteiger partial charge >= 0.3 is 6.09 Å². The Morgan fingerprint density at radius 3 is 2.46 bits per heavy atom. The number of nitrogens with one attached hydrogen (secondary N) is 2.